The second kappa shape index (κ2) is 7.65. The van der Waals surface area contributed by atoms with E-state index in [-0.39, 0.29) is 18.4 Å². The topological polar surface area (TPSA) is 49.9 Å². The molecule has 0 saturated carbocycles. The number of hydrogen-bond acceptors (Lipinski definition) is 4. The fourth-order valence-corrected chi connectivity index (χ4v) is 1.78. The molecule has 0 aliphatic rings. The fraction of sp³-hybridized carbons (Fsp3) is 0.467. The summed E-state index contributed by atoms with van der Waals surface area (Å²) in [5, 5.41) is 0. The first-order chi connectivity index (χ1) is 9.45. The minimum Gasteiger partial charge on any atom is -0.468 e. The summed E-state index contributed by atoms with van der Waals surface area (Å²) in [6, 6.07) is 9.27. The van der Waals surface area contributed by atoms with Crippen molar-refractivity contribution in [3.63, 3.8) is 0 Å². The molecule has 0 unspecified atom stereocenters. The highest BCUT2D eigenvalue weighted by molar-refractivity contribution is 5.80. The Bertz CT molecular complexity index is 446. The van der Waals surface area contributed by atoms with E-state index in [9.17, 15) is 9.59 Å². The monoisotopic (exact) mass is 278 g/mol. The Kier molecular flexibility index (Phi) is 6.18. The van der Waals surface area contributed by atoms with E-state index in [0.717, 1.165) is 5.56 Å². The number of carbonyl (C=O) groups is 2. The highest BCUT2D eigenvalue weighted by atomic mass is 16.5. The second-order valence-electron chi connectivity index (χ2n) is 4.88. The lowest BCUT2D eigenvalue weighted by molar-refractivity contribution is -0.147. The van der Waals surface area contributed by atoms with Crippen molar-refractivity contribution in [1.29, 1.82) is 0 Å². The van der Waals surface area contributed by atoms with E-state index in [1.807, 2.05) is 35.2 Å². The summed E-state index contributed by atoms with van der Waals surface area (Å²) < 4.78 is 4.77. The van der Waals surface area contributed by atoms with Gasteiger partial charge in [-0.3, -0.25) is 14.5 Å². The Hall–Kier alpha value is -1.88. The molecule has 0 spiro atoms. The molecule has 1 aromatic rings. The average molecular weight is 278 g/mol. The molecule has 0 aliphatic carbocycles. The molecule has 5 nitrogen and oxygen atoms in total. The van der Waals surface area contributed by atoms with E-state index in [0.29, 0.717) is 6.54 Å². The first kappa shape index (κ1) is 16.2. The number of carbonyl (C=O) groups excluding carboxylic acids is 2. The molecule has 0 aliphatic heterocycles. The third kappa shape index (κ3) is 4.66. The SMILES string of the molecule is COC(=O)[C@H](C)N(CC(=O)N(C)C)Cc1ccccc1. The Morgan fingerprint density at radius 2 is 1.80 bits per heavy atom. The summed E-state index contributed by atoms with van der Waals surface area (Å²) in [6.45, 7) is 2.45. The van der Waals surface area contributed by atoms with Crippen LogP contribution in [0.15, 0.2) is 30.3 Å². The molecule has 0 aromatic heterocycles. The first-order valence-electron chi connectivity index (χ1n) is 6.51. The summed E-state index contributed by atoms with van der Waals surface area (Å²) in [7, 11) is 4.75. The molecule has 1 aromatic carbocycles. The van der Waals surface area contributed by atoms with Gasteiger partial charge in [-0.05, 0) is 12.5 Å². The van der Waals surface area contributed by atoms with Crippen LogP contribution >= 0.6 is 0 Å². The standard InChI is InChI=1S/C15H22N2O3/c1-12(15(19)20-4)17(11-14(18)16(2)3)10-13-8-6-5-7-9-13/h5-9,12H,10-11H2,1-4H3/t12-/m0/s1. The van der Waals surface area contributed by atoms with Crippen molar-refractivity contribution in [3.05, 3.63) is 35.9 Å². The maximum absolute atomic E-state index is 11.9. The molecular weight excluding hydrogens is 256 g/mol. The number of benzene rings is 1. The van der Waals surface area contributed by atoms with Crippen molar-refractivity contribution in [2.24, 2.45) is 0 Å². The van der Waals surface area contributed by atoms with Crippen LogP contribution in [-0.2, 0) is 20.9 Å². The molecular formula is C15H22N2O3. The zero-order chi connectivity index (χ0) is 15.1. The van der Waals surface area contributed by atoms with E-state index < -0.39 is 6.04 Å². The molecule has 1 rings (SSSR count). The zero-order valence-electron chi connectivity index (χ0n) is 12.5. The smallest absolute Gasteiger partial charge is 0.322 e. The molecule has 0 saturated heterocycles. The van der Waals surface area contributed by atoms with Gasteiger partial charge in [0.2, 0.25) is 5.91 Å². The molecule has 1 amide bonds. The number of nitrogens with zero attached hydrogens (tertiary/aromatic N) is 2. The van der Waals surface area contributed by atoms with Crippen LogP contribution in [-0.4, -0.2) is 55.5 Å². The van der Waals surface area contributed by atoms with E-state index in [1.165, 1.54) is 12.0 Å². The van der Waals surface area contributed by atoms with Crippen LogP contribution in [0.5, 0.6) is 0 Å². The van der Waals surface area contributed by atoms with Gasteiger partial charge < -0.3 is 9.64 Å². The molecule has 0 bridgehead atoms. The van der Waals surface area contributed by atoms with Gasteiger partial charge in [-0.2, -0.15) is 0 Å². The number of amides is 1. The summed E-state index contributed by atoms with van der Waals surface area (Å²) >= 11 is 0. The molecule has 0 N–H and O–H groups in total. The van der Waals surface area contributed by atoms with Crippen LogP contribution in [0.1, 0.15) is 12.5 Å². The van der Waals surface area contributed by atoms with Gasteiger partial charge in [0.25, 0.3) is 0 Å². The van der Waals surface area contributed by atoms with E-state index in [2.05, 4.69) is 0 Å². The Morgan fingerprint density at radius 3 is 2.30 bits per heavy atom. The summed E-state index contributed by atoms with van der Waals surface area (Å²) in [5.74, 6) is -0.385. The highest BCUT2D eigenvalue weighted by Gasteiger charge is 2.24. The minimum absolute atomic E-state index is 0.0447. The van der Waals surface area contributed by atoms with Crippen LogP contribution < -0.4 is 0 Å². The lowest BCUT2D eigenvalue weighted by Crippen LogP contribution is -2.44. The minimum atomic E-state index is -0.468. The van der Waals surface area contributed by atoms with Crippen molar-refractivity contribution >= 4 is 11.9 Å². The van der Waals surface area contributed by atoms with Gasteiger partial charge in [0.05, 0.1) is 13.7 Å². The van der Waals surface area contributed by atoms with E-state index in [4.69, 9.17) is 4.74 Å². The zero-order valence-corrected chi connectivity index (χ0v) is 12.5. The number of likely N-dealkylation sites (N-methyl/N-ethyl adjacent to an activating group) is 1. The van der Waals surface area contributed by atoms with Gasteiger partial charge in [0.1, 0.15) is 6.04 Å². The molecule has 110 valence electrons. The summed E-state index contributed by atoms with van der Waals surface area (Å²) in [6.07, 6.45) is 0. The van der Waals surface area contributed by atoms with E-state index >= 15 is 0 Å². The number of hydrogen-bond donors (Lipinski definition) is 0. The molecule has 5 heteroatoms. The maximum Gasteiger partial charge on any atom is 0.322 e. The Balaban J connectivity index is 2.83. The van der Waals surface area contributed by atoms with Crippen molar-refractivity contribution in [2.75, 3.05) is 27.7 Å². The normalized spacial score (nSPS) is 12.1. The Morgan fingerprint density at radius 1 is 1.20 bits per heavy atom. The fourth-order valence-electron chi connectivity index (χ4n) is 1.78. The number of rotatable bonds is 6. The molecule has 0 heterocycles. The highest BCUT2D eigenvalue weighted by Crippen LogP contribution is 2.09. The van der Waals surface area contributed by atoms with Crippen molar-refractivity contribution < 1.29 is 14.3 Å². The largest absolute Gasteiger partial charge is 0.468 e. The number of esters is 1. The van der Waals surface area contributed by atoms with Crippen LogP contribution in [0, 0.1) is 0 Å². The van der Waals surface area contributed by atoms with Crippen LogP contribution in [0.3, 0.4) is 0 Å². The third-order valence-electron chi connectivity index (χ3n) is 3.16. The van der Waals surface area contributed by atoms with E-state index in [1.54, 1.807) is 21.0 Å². The number of ether oxygens (including phenoxy) is 1. The van der Waals surface area contributed by atoms with Gasteiger partial charge in [-0.15, -0.1) is 0 Å². The van der Waals surface area contributed by atoms with Gasteiger partial charge >= 0.3 is 5.97 Å². The van der Waals surface area contributed by atoms with Gasteiger partial charge in [0, 0.05) is 20.6 Å². The second-order valence-corrected chi connectivity index (χ2v) is 4.88. The number of methoxy groups -OCH3 is 1. The first-order valence-corrected chi connectivity index (χ1v) is 6.51. The van der Waals surface area contributed by atoms with Crippen LogP contribution in [0.25, 0.3) is 0 Å². The lowest BCUT2D eigenvalue weighted by Gasteiger charge is -2.27. The van der Waals surface area contributed by atoms with Crippen molar-refractivity contribution in [1.82, 2.24) is 9.80 Å². The predicted octanol–water partition coefficient (Wildman–Crippen LogP) is 1.14. The maximum atomic E-state index is 11.9. The Labute approximate surface area is 120 Å². The molecule has 0 fully saturated rings. The van der Waals surface area contributed by atoms with Crippen LogP contribution in [0.4, 0.5) is 0 Å². The third-order valence-corrected chi connectivity index (χ3v) is 3.16. The van der Waals surface area contributed by atoms with Gasteiger partial charge in [0.15, 0.2) is 0 Å². The van der Waals surface area contributed by atoms with Crippen LogP contribution in [0.2, 0.25) is 0 Å². The average Bonchev–Trinajstić information content (AvgIpc) is 2.45. The van der Waals surface area contributed by atoms with Crippen molar-refractivity contribution in [3.8, 4) is 0 Å². The molecule has 0 radical (unpaired) electrons. The predicted molar refractivity (Wildman–Crippen MR) is 77.0 cm³/mol. The van der Waals surface area contributed by atoms with Crippen molar-refractivity contribution in [2.45, 2.75) is 19.5 Å². The lowest BCUT2D eigenvalue weighted by atomic mass is 10.2. The molecule has 20 heavy (non-hydrogen) atoms. The van der Waals surface area contributed by atoms with Gasteiger partial charge in [-0.25, -0.2) is 0 Å². The summed E-state index contributed by atoms with van der Waals surface area (Å²) in [4.78, 5) is 26.9. The van der Waals surface area contributed by atoms with Gasteiger partial charge in [-0.1, -0.05) is 30.3 Å². The summed E-state index contributed by atoms with van der Waals surface area (Å²) in [5.41, 5.74) is 1.05. The quantitative estimate of drug-likeness (QED) is 0.732. The molecule has 1 atom stereocenters.